The topological polar surface area (TPSA) is 80.9 Å². The molecule has 1 N–H and O–H groups in total. The summed E-state index contributed by atoms with van der Waals surface area (Å²) in [6.07, 6.45) is 8.12. The number of pyridine rings is 1. The molecule has 0 saturated carbocycles. The van der Waals surface area contributed by atoms with Crippen molar-refractivity contribution in [3.8, 4) is 22.0 Å². The molecular weight excluding hydrogens is 452 g/mol. The average molecular weight is 477 g/mol. The Hall–Kier alpha value is -2.97. The van der Waals surface area contributed by atoms with E-state index in [1.807, 2.05) is 47.8 Å². The molecule has 0 bridgehead atoms. The zero-order valence-corrected chi connectivity index (χ0v) is 19.8. The molecule has 168 valence electrons. The van der Waals surface area contributed by atoms with E-state index in [0.29, 0.717) is 17.7 Å². The second kappa shape index (κ2) is 10.3. The number of aromatic nitrogens is 3. The van der Waals surface area contributed by atoms with Gasteiger partial charge in [-0.05, 0) is 55.7 Å². The molecule has 0 spiro atoms. The Morgan fingerprint density at radius 1 is 1.15 bits per heavy atom. The number of carbonyl (C=O) groups is 1. The fourth-order valence-corrected chi connectivity index (χ4v) is 5.23. The second-order valence-corrected chi connectivity index (χ2v) is 9.79. The van der Waals surface area contributed by atoms with Crippen molar-refractivity contribution in [2.45, 2.75) is 37.3 Å². The number of carbonyl (C=O) groups excluding carboxylic acids is 1. The molecule has 0 saturated heterocycles. The van der Waals surface area contributed by atoms with Gasteiger partial charge in [-0.3, -0.25) is 4.79 Å². The van der Waals surface area contributed by atoms with E-state index in [1.54, 1.807) is 11.3 Å². The van der Waals surface area contributed by atoms with Crippen molar-refractivity contribution < 1.29 is 9.21 Å². The van der Waals surface area contributed by atoms with Crippen LogP contribution in [-0.2, 0) is 4.79 Å². The van der Waals surface area contributed by atoms with Crippen LogP contribution < -0.4 is 5.32 Å². The largest absolute Gasteiger partial charge is 0.411 e. The molecule has 0 atom stereocenters. The van der Waals surface area contributed by atoms with Crippen molar-refractivity contribution in [2.75, 3.05) is 12.3 Å². The van der Waals surface area contributed by atoms with Gasteiger partial charge in [0, 0.05) is 11.9 Å². The van der Waals surface area contributed by atoms with Gasteiger partial charge in [0.2, 0.25) is 11.8 Å². The number of nitrogens with zero attached hydrogens (tertiary/aromatic N) is 3. The molecule has 8 heteroatoms. The minimum absolute atomic E-state index is 0.0227. The molecule has 0 aliphatic heterocycles. The molecule has 5 rings (SSSR count). The predicted octanol–water partition coefficient (Wildman–Crippen LogP) is 6.11. The standard InChI is InChI=1S/C25H24N4O2S2/c30-23(26-13-12-17-7-2-1-3-8-17)16-33-25-29-28-24(31-25)19-15-21(22-11-6-14-32-22)27-20-10-5-4-9-18(19)20/h4-7,9-11,14-15H,1-3,8,12-13,16H2,(H,26,30). The van der Waals surface area contributed by atoms with Crippen LogP contribution in [0.15, 0.2) is 69.1 Å². The molecule has 0 fully saturated rings. The highest BCUT2D eigenvalue weighted by atomic mass is 32.2. The summed E-state index contributed by atoms with van der Waals surface area (Å²) in [6.45, 7) is 0.675. The Kier molecular flexibility index (Phi) is 6.83. The van der Waals surface area contributed by atoms with Crippen molar-refractivity contribution in [3.63, 3.8) is 0 Å². The van der Waals surface area contributed by atoms with Crippen LogP contribution in [0.3, 0.4) is 0 Å². The molecule has 1 amide bonds. The number of allylic oxidation sites excluding steroid dienone is 1. The predicted molar refractivity (Wildman–Crippen MR) is 133 cm³/mol. The normalized spacial score (nSPS) is 13.8. The number of hydrogen-bond acceptors (Lipinski definition) is 7. The quantitative estimate of drug-likeness (QED) is 0.244. The molecule has 33 heavy (non-hydrogen) atoms. The molecule has 3 heterocycles. The summed E-state index contributed by atoms with van der Waals surface area (Å²) in [4.78, 5) is 18.1. The van der Waals surface area contributed by atoms with Gasteiger partial charge in [-0.1, -0.05) is 47.7 Å². The van der Waals surface area contributed by atoms with Gasteiger partial charge in [0.1, 0.15) is 0 Å². The maximum absolute atomic E-state index is 12.2. The van der Waals surface area contributed by atoms with E-state index in [4.69, 9.17) is 9.40 Å². The zero-order chi connectivity index (χ0) is 22.5. The minimum atomic E-state index is -0.0227. The summed E-state index contributed by atoms with van der Waals surface area (Å²) in [5.74, 6) is 0.655. The van der Waals surface area contributed by atoms with Gasteiger partial charge in [0.25, 0.3) is 5.22 Å². The Labute approximate surface area is 200 Å². The Bertz CT molecular complexity index is 1280. The third kappa shape index (κ3) is 5.34. The third-order valence-electron chi connectivity index (χ3n) is 5.61. The first-order chi connectivity index (χ1) is 16.3. The molecule has 4 aromatic rings. The molecule has 0 unspecified atom stereocenters. The number of fused-ring (bicyclic) bond motifs is 1. The van der Waals surface area contributed by atoms with E-state index in [1.165, 1.54) is 36.6 Å². The van der Waals surface area contributed by atoms with E-state index in [9.17, 15) is 4.79 Å². The van der Waals surface area contributed by atoms with Gasteiger partial charge in [-0.25, -0.2) is 4.98 Å². The SMILES string of the molecule is O=C(CSc1nnc(-c2cc(-c3cccs3)nc3ccccc23)o1)NCCC1=CCCCC1. The van der Waals surface area contributed by atoms with Crippen molar-refractivity contribution in [2.24, 2.45) is 0 Å². The number of thiophene rings is 1. The maximum Gasteiger partial charge on any atom is 0.277 e. The molecular formula is C25H24N4O2S2. The van der Waals surface area contributed by atoms with Crippen LogP contribution in [0.1, 0.15) is 32.1 Å². The van der Waals surface area contributed by atoms with Crippen LogP contribution in [0.25, 0.3) is 32.9 Å². The van der Waals surface area contributed by atoms with E-state index >= 15 is 0 Å². The van der Waals surface area contributed by atoms with E-state index in [2.05, 4.69) is 21.6 Å². The molecule has 3 aromatic heterocycles. The first-order valence-corrected chi connectivity index (χ1v) is 13.0. The highest BCUT2D eigenvalue weighted by Gasteiger charge is 2.16. The lowest BCUT2D eigenvalue weighted by molar-refractivity contribution is -0.118. The van der Waals surface area contributed by atoms with Crippen LogP contribution in [0, 0.1) is 0 Å². The van der Waals surface area contributed by atoms with Crippen LogP contribution in [0.5, 0.6) is 0 Å². The second-order valence-electron chi connectivity index (χ2n) is 7.92. The van der Waals surface area contributed by atoms with E-state index < -0.39 is 0 Å². The van der Waals surface area contributed by atoms with Gasteiger partial charge in [0.15, 0.2) is 0 Å². The molecule has 6 nitrogen and oxygen atoms in total. The summed E-state index contributed by atoms with van der Waals surface area (Å²) < 4.78 is 5.93. The van der Waals surface area contributed by atoms with Gasteiger partial charge in [-0.2, -0.15) is 0 Å². The van der Waals surface area contributed by atoms with Crippen LogP contribution in [0.2, 0.25) is 0 Å². The number of nitrogens with one attached hydrogen (secondary N) is 1. The fourth-order valence-electron chi connectivity index (χ4n) is 3.95. The number of hydrogen-bond donors (Lipinski definition) is 1. The molecule has 1 aliphatic carbocycles. The van der Waals surface area contributed by atoms with E-state index in [-0.39, 0.29) is 11.7 Å². The summed E-state index contributed by atoms with van der Waals surface area (Å²) >= 11 is 2.90. The lowest BCUT2D eigenvalue weighted by Gasteiger charge is -2.12. The summed E-state index contributed by atoms with van der Waals surface area (Å²) in [5.41, 5.74) is 4.05. The highest BCUT2D eigenvalue weighted by molar-refractivity contribution is 7.99. The van der Waals surface area contributed by atoms with Crippen LogP contribution in [0.4, 0.5) is 0 Å². The Balaban J connectivity index is 1.26. The van der Waals surface area contributed by atoms with E-state index in [0.717, 1.165) is 39.9 Å². The first kappa shape index (κ1) is 21.9. The van der Waals surface area contributed by atoms with Gasteiger partial charge in [0.05, 0.1) is 27.4 Å². The third-order valence-corrected chi connectivity index (χ3v) is 7.32. The number of thioether (sulfide) groups is 1. The zero-order valence-electron chi connectivity index (χ0n) is 18.1. The average Bonchev–Trinajstić information content (AvgIpc) is 3.55. The fraction of sp³-hybridized carbons (Fsp3) is 0.280. The molecule has 1 aromatic carbocycles. The number of rotatable bonds is 8. The van der Waals surface area contributed by atoms with Crippen molar-refractivity contribution in [3.05, 3.63) is 59.5 Å². The summed E-state index contributed by atoms with van der Waals surface area (Å²) in [5, 5.41) is 14.8. The maximum atomic E-state index is 12.2. The highest BCUT2D eigenvalue weighted by Crippen LogP contribution is 2.33. The Morgan fingerprint density at radius 3 is 2.94 bits per heavy atom. The first-order valence-electron chi connectivity index (χ1n) is 11.1. The van der Waals surface area contributed by atoms with Gasteiger partial charge < -0.3 is 9.73 Å². The number of para-hydroxylation sites is 1. The van der Waals surface area contributed by atoms with Crippen LogP contribution in [-0.4, -0.2) is 33.4 Å². The molecule has 0 radical (unpaired) electrons. The van der Waals surface area contributed by atoms with Crippen molar-refractivity contribution >= 4 is 39.9 Å². The number of amides is 1. The smallest absolute Gasteiger partial charge is 0.277 e. The lowest BCUT2D eigenvalue weighted by atomic mass is 9.97. The van der Waals surface area contributed by atoms with Gasteiger partial charge >= 0.3 is 0 Å². The monoisotopic (exact) mass is 476 g/mol. The summed E-state index contributed by atoms with van der Waals surface area (Å²) in [7, 11) is 0. The lowest BCUT2D eigenvalue weighted by Crippen LogP contribution is -2.26. The van der Waals surface area contributed by atoms with Crippen molar-refractivity contribution in [1.82, 2.24) is 20.5 Å². The van der Waals surface area contributed by atoms with Crippen molar-refractivity contribution in [1.29, 1.82) is 0 Å². The Morgan fingerprint density at radius 2 is 2.09 bits per heavy atom. The molecule has 1 aliphatic rings. The van der Waals surface area contributed by atoms with Gasteiger partial charge in [-0.15, -0.1) is 21.5 Å². The number of benzene rings is 1. The summed E-state index contributed by atoms with van der Waals surface area (Å²) in [6, 6.07) is 14.0. The van der Waals surface area contributed by atoms with Crippen LogP contribution >= 0.6 is 23.1 Å². The minimum Gasteiger partial charge on any atom is -0.411 e.